The number of carbonyl (C=O) groups is 1. The van der Waals surface area contributed by atoms with Gasteiger partial charge in [-0.3, -0.25) is 4.79 Å². The molecule has 0 spiro atoms. The molecule has 0 fully saturated rings. The molecule has 0 radical (unpaired) electrons. The molecule has 0 bridgehead atoms. The Morgan fingerprint density at radius 3 is 2.54 bits per heavy atom. The first-order valence-electron chi connectivity index (χ1n) is 8.31. The van der Waals surface area contributed by atoms with Gasteiger partial charge in [-0.05, 0) is 43.7 Å². The highest BCUT2D eigenvalue weighted by molar-refractivity contribution is 6.30. The molecule has 0 unspecified atom stereocenters. The number of nitrogens with zero attached hydrogens (tertiary/aromatic N) is 2. The van der Waals surface area contributed by atoms with Crippen LogP contribution in [0.1, 0.15) is 25.1 Å². The second kappa shape index (κ2) is 7.00. The molecule has 3 rings (SSSR count). The number of fused-ring (bicyclic) bond motifs is 1. The van der Waals surface area contributed by atoms with Crippen molar-refractivity contribution in [2.24, 2.45) is 5.41 Å². The molecule has 6 heteroatoms. The van der Waals surface area contributed by atoms with Crippen LogP contribution in [0.4, 0.5) is 0 Å². The first kappa shape index (κ1) is 18.3. The summed E-state index contributed by atoms with van der Waals surface area (Å²) >= 11 is 5.98. The Bertz CT molecular complexity index is 946. The van der Waals surface area contributed by atoms with Crippen molar-refractivity contribution in [3.05, 3.63) is 58.7 Å². The first-order chi connectivity index (χ1) is 12.3. The van der Waals surface area contributed by atoms with E-state index in [0.29, 0.717) is 23.9 Å². The number of hydrogen-bond donors (Lipinski definition) is 1. The van der Waals surface area contributed by atoms with Gasteiger partial charge in [0.2, 0.25) is 5.88 Å². The van der Waals surface area contributed by atoms with Gasteiger partial charge >= 0.3 is 5.97 Å². The highest BCUT2D eigenvalue weighted by atomic mass is 35.5. The summed E-state index contributed by atoms with van der Waals surface area (Å²) in [7, 11) is 1.58. The summed E-state index contributed by atoms with van der Waals surface area (Å²) in [6.45, 7) is 4.07. The molecule has 0 amide bonds. The van der Waals surface area contributed by atoms with Crippen LogP contribution < -0.4 is 4.74 Å². The summed E-state index contributed by atoms with van der Waals surface area (Å²) in [5.41, 5.74) is 2.85. The minimum Gasteiger partial charge on any atom is -0.481 e. The topological polar surface area (TPSA) is 64.3 Å². The van der Waals surface area contributed by atoms with E-state index < -0.39 is 11.4 Å². The second-order valence-electron chi connectivity index (χ2n) is 6.97. The van der Waals surface area contributed by atoms with E-state index in [9.17, 15) is 9.90 Å². The number of ether oxygens (including phenoxy) is 1. The Morgan fingerprint density at radius 2 is 1.92 bits per heavy atom. The van der Waals surface area contributed by atoms with Crippen LogP contribution >= 0.6 is 11.6 Å². The van der Waals surface area contributed by atoms with Gasteiger partial charge in [-0.25, -0.2) is 4.98 Å². The van der Waals surface area contributed by atoms with E-state index in [0.717, 1.165) is 22.3 Å². The van der Waals surface area contributed by atoms with Crippen molar-refractivity contribution in [2.75, 3.05) is 7.11 Å². The Balaban J connectivity index is 2.08. The van der Waals surface area contributed by atoms with Gasteiger partial charge in [-0.2, -0.15) is 0 Å². The number of hydrogen-bond acceptors (Lipinski definition) is 3. The average Bonchev–Trinajstić information content (AvgIpc) is 2.92. The lowest BCUT2D eigenvalue weighted by Gasteiger charge is -2.20. The number of halogens is 1. The normalized spacial score (nSPS) is 11.7. The van der Waals surface area contributed by atoms with Crippen LogP contribution in [0.15, 0.2) is 42.5 Å². The maximum Gasteiger partial charge on any atom is 0.309 e. The smallest absolute Gasteiger partial charge is 0.309 e. The summed E-state index contributed by atoms with van der Waals surface area (Å²) in [6, 6.07) is 13.4. The SMILES string of the molecule is COc1ccc2c(cc(CC(C)(C)C(=O)O)n2Cc2ccc(Cl)cc2)n1. The first-order valence-corrected chi connectivity index (χ1v) is 8.69. The molecule has 2 heterocycles. The van der Waals surface area contributed by atoms with Gasteiger partial charge in [0.15, 0.2) is 0 Å². The highest BCUT2D eigenvalue weighted by Crippen LogP contribution is 2.28. The number of benzene rings is 1. The minimum absolute atomic E-state index is 0.397. The summed E-state index contributed by atoms with van der Waals surface area (Å²) in [5, 5.41) is 10.2. The van der Waals surface area contributed by atoms with E-state index in [1.54, 1.807) is 21.0 Å². The second-order valence-corrected chi connectivity index (χ2v) is 7.41. The van der Waals surface area contributed by atoms with Crippen LogP contribution in [0.3, 0.4) is 0 Å². The van der Waals surface area contributed by atoms with Crippen molar-refractivity contribution in [3.63, 3.8) is 0 Å². The third-order valence-electron chi connectivity index (χ3n) is 4.48. The Labute approximate surface area is 157 Å². The molecule has 1 aromatic carbocycles. The van der Waals surface area contributed by atoms with E-state index in [1.807, 2.05) is 42.5 Å². The molecule has 0 aliphatic heterocycles. The maximum absolute atomic E-state index is 11.6. The number of aliphatic carboxylic acids is 1. The fraction of sp³-hybridized carbons (Fsp3) is 0.300. The predicted molar refractivity (Wildman–Crippen MR) is 102 cm³/mol. The fourth-order valence-electron chi connectivity index (χ4n) is 2.92. The molecular formula is C20H21ClN2O3. The van der Waals surface area contributed by atoms with Crippen LogP contribution in [0.5, 0.6) is 5.88 Å². The van der Waals surface area contributed by atoms with Gasteiger partial charge in [0.05, 0.1) is 23.6 Å². The molecule has 26 heavy (non-hydrogen) atoms. The van der Waals surface area contributed by atoms with Crippen molar-refractivity contribution < 1.29 is 14.6 Å². The number of rotatable bonds is 6. The lowest BCUT2D eigenvalue weighted by Crippen LogP contribution is -2.27. The fourth-order valence-corrected chi connectivity index (χ4v) is 3.05. The Kier molecular flexibility index (Phi) is 4.92. The number of methoxy groups -OCH3 is 1. The Morgan fingerprint density at radius 1 is 1.23 bits per heavy atom. The van der Waals surface area contributed by atoms with Gasteiger partial charge in [0.1, 0.15) is 0 Å². The molecule has 5 nitrogen and oxygen atoms in total. The van der Waals surface area contributed by atoms with Crippen LogP contribution in [0.2, 0.25) is 5.02 Å². The molecular weight excluding hydrogens is 352 g/mol. The molecule has 0 aliphatic carbocycles. The van der Waals surface area contributed by atoms with Gasteiger partial charge in [-0.15, -0.1) is 0 Å². The summed E-state index contributed by atoms with van der Waals surface area (Å²) in [4.78, 5) is 16.1. The van der Waals surface area contributed by atoms with E-state index in [2.05, 4.69) is 9.55 Å². The largest absolute Gasteiger partial charge is 0.481 e. The highest BCUT2D eigenvalue weighted by Gasteiger charge is 2.29. The van der Waals surface area contributed by atoms with E-state index in [-0.39, 0.29) is 0 Å². The molecule has 2 aromatic heterocycles. The summed E-state index contributed by atoms with van der Waals surface area (Å²) in [6.07, 6.45) is 0.397. The van der Waals surface area contributed by atoms with Crippen molar-refractivity contribution in [1.82, 2.24) is 9.55 Å². The van der Waals surface area contributed by atoms with Crippen molar-refractivity contribution in [2.45, 2.75) is 26.8 Å². The quantitative estimate of drug-likeness (QED) is 0.696. The molecule has 136 valence electrons. The maximum atomic E-state index is 11.6. The average molecular weight is 373 g/mol. The third-order valence-corrected chi connectivity index (χ3v) is 4.73. The van der Waals surface area contributed by atoms with E-state index in [4.69, 9.17) is 16.3 Å². The van der Waals surface area contributed by atoms with Crippen molar-refractivity contribution in [3.8, 4) is 5.88 Å². The van der Waals surface area contributed by atoms with Gasteiger partial charge < -0.3 is 14.4 Å². The zero-order chi connectivity index (χ0) is 18.9. The summed E-state index contributed by atoms with van der Waals surface area (Å²) < 4.78 is 7.32. The molecule has 1 N–H and O–H groups in total. The lowest BCUT2D eigenvalue weighted by molar-refractivity contribution is -0.146. The zero-order valence-electron chi connectivity index (χ0n) is 15.0. The third kappa shape index (κ3) is 3.68. The van der Waals surface area contributed by atoms with Crippen LogP contribution in [0, 0.1) is 5.41 Å². The van der Waals surface area contributed by atoms with E-state index >= 15 is 0 Å². The predicted octanol–water partition coefficient (Wildman–Crippen LogP) is 4.40. The zero-order valence-corrected chi connectivity index (χ0v) is 15.7. The molecule has 0 atom stereocenters. The summed E-state index contributed by atoms with van der Waals surface area (Å²) in [5.74, 6) is -0.295. The van der Waals surface area contributed by atoms with Gasteiger partial charge in [0.25, 0.3) is 0 Å². The number of pyridine rings is 1. The number of carboxylic acid groups (broad SMARTS) is 1. The monoisotopic (exact) mass is 372 g/mol. The minimum atomic E-state index is -0.879. The van der Waals surface area contributed by atoms with Gasteiger partial charge in [-0.1, -0.05) is 23.7 Å². The molecule has 0 saturated heterocycles. The number of carboxylic acids is 1. The van der Waals surface area contributed by atoms with Crippen LogP contribution in [0.25, 0.3) is 11.0 Å². The molecule has 0 saturated carbocycles. The lowest BCUT2D eigenvalue weighted by atomic mass is 9.88. The molecule has 0 aliphatic rings. The van der Waals surface area contributed by atoms with Crippen molar-refractivity contribution >= 4 is 28.6 Å². The van der Waals surface area contributed by atoms with Gasteiger partial charge in [0, 0.05) is 29.7 Å². The number of aromatic nitrogens is 2. The van der Waals surface area contributed by atoms with E-state index in [1.165, 1.54) is 0 Å². The van der Waals surface area contributed by atoms with Crippen molar-refractivity contribution in [1.29, 1.82) is 0 Å². The molecule has 3 aromatic rings. The Hall–Kier alpha value is -2.53. The standard InChI is InChI=1S/C20H21ClN2O3/c1-20(2,19(24)25)11-15-10-16-17(8-9-18(22-16)26-3)23(15)12-13-4-6-14(21)7-5-13/h4-10H,11-12H2,1-3H3,(H,24,25). The van der Waals surface area contributed by atoms with Crippen LogP contribution in [-0.2, 0) is 17.8 Å². The van der Waals surface area contributed by atoms with Crippen LogP contribution in [-0.4, -0.2) is 27.7 Å².